The van der Waals surface area contributed by atoms with Crippen molar-refractivity contribution >= 4 is 38.6 Å². The van der Waals surface area contributed by atoms with Gasteiger partial charge >= 0.3 is 5.97 Å². The summed E-state index contributed by atoms with van der Waals surface area (Å²) in [6, 6.07) is 4.62. The van der Waals surface area contributed by atoms with E-state index in [4.69, 9.17) is 5.11 Å². The number of thiazole rings is 1. The number of aromatic carboxylic acids is 1. The van der Waals surface area contributed by atoms with Crippen molar-refractivity contribution in [1.82, 2.24) is 15.2 Å². The zero-order valence-corrected chi connectivity index (χ0v) is 10.8. The molecule has 8 heteroatoms. The van der Waals surface area contributed by atoms with Gasteiger partial charge in [0.15, 0.2) is 5.13 Å². The van der Waals surface area contributed by atoms with Crippen molar-refractivity contribution in [3.05, 3.63) is 41.7 Å². The highest BCUT2D eigenvalue weighted by Crippen LogP contribution is 2.27. The predicted molar refractivity (Wildman–Crippen MR) is 73.1 cm³/mol. The molecule has 7 nitrogen and oxygen atoms in total. The smallest absolute Gasteiger partial charge is 0.335 e. The minimum atomic E-state index is -0.996. The number of hydrogen-bond donors (Lipinski definition) is 3. The Kier molecular flexibility index (Phi) is 2.92. The van der Waals surface area contributed by atoms with Gasteiger partial charge in [0.25, 0.3) is 5.91 Å². The van der Waals surface area contributed by atoms with Crippen LogP contribution in [-0.2, 0) is 0 Å². The summed E-state index contributed by atoms with van der Waals surface area (Å²) in [6.45, 7) is 0. The number of fused-ring (bicyclic) bond motifs is 1. The Morgan fingerprint density at radius 2 is 2.15 bits per heavy atom. The number of carbonyl (C=O) groups is 2. The minimum absolute atomic E-state index is 0.189. The molecule has 3 aromatic rings. The fourth-order valence-electron chi connectivity index (χ4n) is 1.66. The van der Waals surface area contributed by atoms with Crippen LogP contribution in [0.15, 0.2) is 30.6 Å². The minimum Gasteiger partial charge on any atom is -0.478 e. The van der Waals surface area contributed by atoms with Gasteiger partial charge in [-0.25, -0.2) is 9.78 Å². The molecule has 0 saturated heterocycles. The molecule has 0 atom stereocenters. The standard InChI is InChI=1S/C12H8N4O3S/c17-10(7-4-13-14-5-7)16-12-15-8-2-1-6(11(18)19)3-9(8)20-12/h1-5H,(H,13,14)(H,18,19)(H,15,16,17). The Morgan fingerprint density at radius 3 is 2.85 bits per heavy atom. The molecule has 0 bridgehead atoms. The van der Waals surface area contributed by atoms with Crippen molar-refractivity contribution in [2.75, 3.05) is 5.32 Å². The summed E-state index contributed by atoms with van der Waals surface area (Å²) in [6.07, 6.45) is 2.89. The molecule has 2 aromatic heterocycles. The molecular formula is C12H8N4O3S. The van der Waals surface area contributed by atoms with Crippen molar-refractivity contribution in [2.24, 2.45) is 0 Å². The lowest BCUT2D eigenvalue weighted by atomic mass is 10.2. The first-order valence-electron chi connectivity index (χ1n) is 5.57. The van der Waals surface area contributed by atoms with Crippen LogP contribution in [-0.4, -0.2) is 32.2 Å². The number of aromatic nitrogens is 3. The number of aromatic amines is 1. The summed E-state index contributed by atoms with van der Waals surface area (Å²) in [5, 5.41) is 18.2. The van der Waals surface area contributed by atoms with E-state index < -0.39 is 5.97 Å². The molecule has 1 amide bonds. The van der Waals surface area contributed by atoms with Crippen molar-refractivity contribution in [1.29, 1.82) is 0 Å². The van der Waals surface area contributed by atoms with Crippen molar-refractivity contribution < 1.29 is 14.7 Å². The van der Waals surface area contributed by atoms with Crippen molar-refractivity contribution in [2.45, 2.75) is 0 Å². The van der Waals surface area contributed by atoms with E-state index in [-0.39, 0.29) is 11.5 Å². The Balaban J connectivity index is 1.89. The zero-order valence-electron chi connectivity index (χ0n) is 9.95. The molecule has 0 radical (unpaired) electrons. The van der Waals surface area contributed by atoms with E-state index in [2.05, 4.69) is 20.5 Å². The molecule has 1 aromatic carbocycles. The Bertz CT molecular complexity index is 794. The molecule has 0 unspecified atom stereocenters. The molecule has 20 heavy (non-hydrogen) atoms. The highest BCUT2D eigenvalue weighted by molar-refractivity contribution is 7.22. The third-order valence-electron chi connectivity index (χ3n) is 2.62. The third-order valence-corrected chi connectivity index (χ3v) is 3.55. The maximum atomic E-state index is 11.8. The number of carboxylic acid groups (broad SMARTS) is 1. The molecule has 2 heterocycles. The maximum Gasteiger partial charge on any atom is 0.335 e. The van der Waals surface area contributed by atoms with Gasteiger partial charge < -0.3 is 5.11 Å². The number of nitrogens with one attached hydrogen (secondary N) is 2. The normalized spacial score (nSPS) is 10.6. The summed E-state index contributed by atoms with van der Waals surface area (Å²) in [5.74, 6) is -1.32. The lowest BCUT2D eigenvalue weighted by Gasteiger charge is -1.96. The maximum absolute atomic E-state index is 11.8. The second kappa shape index (κ2) is 4.74. The third kappa shape index (κ3) is 2.24. The topological polar surface area (TPSA) is 108 Å². The molecule has 3 N–H and O–H groups in total. The molecule has 0 saturated carbocycles. The van der Waals surface area contributed by atoms with E-state index in [1.807, 2.05) is 0 Å². The fourth-order valence-corrected chi connectivity index (χ4v) is 2.56. The van der Waals surface area contributed by atoms with Crippen LogP contribution in [0.1, 0.15) is 20.7 Å². The second-order valence-corrected chi connectivity index (χ2v) is 4.98. The van der Waals surface area contributed by atoms with Gasteiger partial charge in [-0.2, -0.15) is 5.10 Å². The number of benzene rings is 1. The molecule has 0 aliphatic carbocycles. The first-order chi connectivity index (χ1) is 9.63. The lowest BCUT2D eigenvalue weighted by Crippen LogP contribution is -2.10. The molecule has 0 aliphatic rings. The molecule has 0 spiro atoms. The number of anilines is 1. The van der Waals surface area contributed by atoms with Gasteiger partial charge in [0.2, 0.25) is 0 Å². The van der Waals surface area contributed by atoms with Gasteiger partial charge in [-0.1, -0.05) is 11.3 Å². The van der Waals surface area contributed by atoms with Crippen LogP contribution < -0.4 is 5.32 Å². The number of H-pyrrole nitrogens is 1. The van der Waals surface area contributed by atoms with Gasteiger partial charge in [-0.3, -0.25) is 15.2 Å². The highest BCUT2D eigenvalue weighted by Gasteiger charge is 2.12. The van der Waals surface area contributed by atoms with Gasteiger partial charge in [0.1, 0.15) is 0 Å². The van der Waals surface area contributed by atoms with Crippen LogP contribution in [0.5, 0.6) is 0 Å². The van der Waals surface area contributed by atoms with Crippen LogP contribution in [0.3, 0.4) is 0 Å². The van der Waals surface area contributed by atoms with Gasteiger partial charge in [-0.15, -0.1) is 0 Å². The highest BCUT2D eigenvalue weighted by atomic mass is 32.1. The van der Waals surface area contributed by atoms with E-state index in [0.29, 0.717) is 20.9 Å². The molecule has 0 aliphatic heterocycles. The summed E-state index contributed by atoms with van der Waals surface area (Å²) in [4.78, 5) is 26.9. The Hall–Kier alpha value is -2.74. The van der Waals surface area contributed by atoms with Crippen molar-refractivity contribution in [3.8, 4) is 0 Å². The molecule has 100 valence electrons. The van der Waals surface area contributed by atoms with E-state index >= 15 is 0 Å². The van der Waals surface area contributed by atoms with Crippen LogP contribution in [0.25, 0.3) is 10.2 Å². The van der Waals surface area contributed by atoms with Crippen LogP contribution >= 0.6 is 11.3 Å². The fraction of sp³-hybridized carbons (Fsp3) is 0. The van der Waals surface area contributed by atoms with Gasteiger partial charge in [-0.05, 0) is 18.2 Å². The molecule has 3 rings (SSSR count). The Morgan fingerprint density at radius 1 is 1.30 bits per heavy atom. The molecular weight excluding hydrogens is 280 g/mol. The number of carboxylic acids is 1. The monoisotopic (exact) mass is 288 g/mol. The summed E-state index contributed by atoms with van der Waals surface area (Å²) >= 11 is 1.22. The average Bonchev–Trinajstić information content (AvgIpc) is 3.06. The van der Waals surface area contributed by atoms with Crippen LogP contribution in [0, 0.1) is 0 Å². The predicted octanol–water partition coefficient (Wildman–Crippen LogP) is 1.97. The quantitative estimate of drug-likeness (QED) is 0.683. The van der Waals surface area contributed by atoms with E-state index in [1.54, 1.807) is 6.07 Å². The van der Waals surface area contributed by atoms with E-state index in [1.165, 1.54) is 35.9 Å². The first-order valence-corrected chi connectivity index (χ1v) is 6.39. The second-order valence-electron chi connectivity index (χ2n) is 3.95. The summed E-state index contributed by atoms with van der Waals surface area (Å²) < 4.78 is 0.701. The summed E-state index contributed by atoms with van der Waals surface area (Å²) in [7, 11) is 0. The first kappa shape index (κ1) is 12.3. The Labute approximate surface area is 116 Å². The van der Waals surface area contributed by atoms with Crippen LogP contribution in [0.4, 0.5) is 5.13 Å². The number of carbonyl (C=O) groups excluding carboxylic acids is 1. The number of amides is 1. The van der Waals surface area contributed by atoms with Gasteiger partial charge in [0.05, 0.1) is 27.5 Å². The van der Waals surface area contributed by atoms with Crippen LogP contribution in [0.2, 0.25) is 0 Å². The summed E-state index contributed by atoms with van der Waals surface area (Å²) in [5.41, 5.74) is 1.23. The average molecular weight is 288 g/mol. The lowest BCUT2D eigenvalue weighted by molar-refractivity contribution is 0.0697. The largest absolute Gasteiger partial charge is 0.478 e. The number of hydrogen-bond acceptors (Lipinski definition) is 5. The van der Waals surface area contributed by atoms with E-state index in [9.17, 15) is 9.59 Å². The van der Waals surface area contributed by atoms with Crippen molar-refractivity contribution in [3.63, 3.8) is 0 Å². The van der Waals surface area contributed by atoms with Gasteiger partial charge in [0, 0.05) is 6.20 Å². The zero-order chi connectivity index (χ0) is 14.1. The van der Waals surface area contributed by atoms with E-state index in [0.717, 1.165) is 0 Å². The SMILES string of the molecule is O=C(O)c1ccc2nc(NC(=O)c3cn[nH]c3)sc2c1. The number of nitrogens with zero attached hydrogens (tertiary/aromatic N) is 2. The number of rotatable bonds is 3. The molecule has 0 fully saturated rings.